The summed E-state index contributed by atoms with van der Waals surface area (Å²) in [5.74, 6) is 0.00655. The van der Waals surface area contributed by atoms with Crippen LogP contribution in [-0.2, 0) is 16.0 Å². The van der Waals surface area contributed by atoms with Gasteiger partial charge in [-0.1, -0.05) is 18.2 Å². The molecule has 0 aliphatic rings. The first-order valence-electron chi connectivity index (χ1n) is 7.19. The van der Waals surface area contributed by atoms with Crippen molar-refractivity contribution in [1.29, 1.82) is 0 Å². The Balaban J connectivity index is 2.13. The van der Waals surface area contributed by atoms with Crippen molar-refractivity contribution in [2.45, 2.75) is 13.3 Å². The predicted molar refractivity (Wildman–Crippen MR) is 85.5 cm³/mol. The molecule has 0 atom stereocenters. The minimum atomic E-state index is -0.520. The standard InChI is InChI=1S/C17H18N2O4/c1-3-23-17(21)13-8-6-10-18-16(13)19-15(20)11-12-7-4-5-9-14(12)22-2/h4-10H,3,11H2,1-2H3,(H,18,19,20). The fourth-order valence-electron chi connectivity index (χ4n) is 2.08. The first-order chi connectivity index (χ1) is 11.2. The van der Waals surface area contributed by atoms with Gasteiger partial charge in [0.2, 0.25) is 5.91 Å². The van der Waals surface area contributed by atoms with Gasteiger partial charge >= 0.3 is 5.97 Å². The number of methoxy groups -OCH3 is 1. The van der Waals surface area contributed by atoms with Crippen molar-refractivity contribution in [3.05, 3.63) is 53.7 Å². The molecule has 0 aliphatic heterocycles. The number of nitrogens with zero attached hydrogens (tertiary/aromatic N) is 1. The molecule has 0 unspecified atom stereocenters. The summed E-state index contributed by atoms with van der Waals surface area (Å²) in [6.07, 6.45) is 1.62. The number of hydrogen-bond acceptors (Lipinski definition) is 5. The van der Waals surface area contributed by atoms with Crippen LogP contribution in [0.15, 0.2) is 42.6 Å². The molecule has 0 saturated heterocycles. The molecule has 0 aliphatic carbocycles. The van der Waals surface area contributed by atoms with Crippen LogP contribution in [0.4, 0.5) is 5.82 Å². The number of pyridine rings is 1. The highest BCUT2D eigenvalue weighted by Crippen LogP contribution is 2.19. The summed E-state index contributed by atoms with van der Waals surface area (Å²) in [5.41, 5.74) is 0.976. The summed E-state index contributed by atoms with van der Waals surface area (Å²) in [6, 6.07) is 10.4. The molecule has 23 heavy (non-hydrogen) atoms. The Morgan fingerprint density at radius 2 is 1.96 bits per heavy atom. The third-order valence-corrected chi connectivity index (χ3v) is 3.10. The lowest BCUT2D eigenvalue weighted by Crippen LogP contribution is -2.19. The summed E-state index contributed by atoms with van der Waals surface area (Å²) < 4.78 is 10.2. The van der Waals surface area contributed by atoms with Gasteiger partial charge in [-0.25, -0.2) is 9.78 Å². The summed E-state index contributed by atoms with van der Waals surface area (Å²) in [5, 5.41) is 2.64. The lowest BCUT2D eigenvalue weighted by atomic mass is 10.1. The molecule has 0 bridgehead atoms. The average molecular weight is 314 g/mol. The summed E-state index contributed by atoms with van der Waals surface area (Å²) in [7, 11) is 1.55. The van der Waals surface area contributed by atoms with E-state index in [0.29, 0.717) is 5.75 Å². The molecule has 0 radical (unpaired) electrons. The number of carbonyl (C=O) groups excluding carboxylic acids is 2. The monoisotopic (exact) mass is 314 g/mol. The van der Waals surface area contributed by atoms with Crippen molar-refractivity contribution >= 4 is 17.7 Å². The van der Waals surface area contributed by atoms with Gasteiger partial charge in [-0.2, -0.15) is 0 Å². The molecule has 1 aromatic carbocycles. The van der Waals surface area contributed by atoms with Crippen LogP contribution in [0.2, 0.25) is 0 Å². The van der Waals surface area contributed by atoms with Gasteiger partial charge < -0.3 is 14.8 Å². The Bertz CT molecular complexity index is 700. The van der Waals surface area contributed by atoms with Gasteiger partial charge in [-0.05, 0) is 25.1 Å². The number of ether oxygens (including phenoxy) is 2. The van der Waals surface area contributed by atoms with Crippen molar-refractivity contribution < 1.29 is 19.1 Å². The minimum absolute atomic E-state index is 0.114. The van der Waals surface area contributed by atoms with E-state index >= 15 is 0 Å². The zero-order chi connectivity index (χ0) is 16.7. The van der Waals surface area contributed by atoms with Crippen molar-refractivity contribution in [2.24, 2.45) is 0 Å². The molecule has 120 valence electrons. The number of amides is 1. The molecule has 1 amide bonds. The number of para-hydroxylation sites is 1. The lowest BCUT2D eigenvalue weighted by molar-refractivity contribution is -0.115. The number of nitrogens with one attached hydrogen (secondary N) is 1. The molecule has 1 aromatic heterocycles. The van der Waals surface area contributed by atoms with E-state index in [0.717, 1.165) is 5.56 Å². The number of aromatic nitrogens is 1. The summed E-state index contributed by atoms with van der Waals surface area (Å²) >= 11 is 0. The first kappa shape index (κ1) is 16.5. The van der Waals surface area contributed by atoms with Crippen LogP contribution in [0.5, 0.6) is 5.75 Å². The van der Waals surface area contributed by atoms with Gasteiger partial charge in [-0.3, -0.25) is 4.79 Å². The van der Waals surface area contributed by atoms with Gasteiger partial charge in [0.15, 0.2) is 0 Å². The third-order valence-electron chi connectivity index (χ3n) is 3.10. The lowest BCUT2D eigenvalue weighted by Gasteiger charge is -2.10. The van der Waals surface area contributed by atoms with Gasteiger partial charge in [0.05, 0.1) is 20.1 Å². The average Bonchev–Trinajstić information content (AvgIpc) is 2.56. The van der Waals surface area contributed by atoms with Gasteiger partial charge in [0, 0.05) is 11.8 Å². The maximum absolute atomic E-state index is 12.2. The minimum Gasteiger partial charge on any atom is -0.496 e. The Morgan fingerprint density at radius 1 is 1.17 bits per heavy atom. The highest BCUT2D eigenvalue weighted by molar-refractivity contribution is 6.00. The molecule has 6 nitrogen and oxygen atoms in total. The van der Waals surface area contributed by atoms with Crippen LogP contribution >= 0.6 is 0 Å². The van der Waals surface area contributed by atoms with Gasteiger partial charge in [-0.15, -0.1) is 0 Å². The molecule has 2 rings (SSSR count). The van der Waals surface area contributed by atoms with Crippen LogP contribution in [0.3, 0.4) is 0 Å². The van der Waals surface area contributed by atoms with E-state index in [4.69, 9.17) is 9.47 Å². The van der Waals surface area contributed by atoms with E-state index in [1.165, 1.54) is 6.20 Å². The van der Waals surface area contributed by atoms with E-state index in [9.17, 15) is 9.59 Å². The van der Waals surface area contributed by atoms with Crippen molar-refractivity contribution in [2.75, 3.05) is 19.0 Å². The molecular formula is C17H18N2O4. The van der Waals surface area contributed by atoms with E-state index in [1.807, 2.05) is 18.2 Å². The van der Waals surface area contributed by atoms with Crippen LogP contribution in [0.25, 0.3) is 0 Å². The largest absolute Gasteiger partial charge is 0.496 e. The van der Waals surface area contributed by atoms with E-state index in [2.05, 4.69) is 10.3 Å². The Hall–Kier alpha value is -2.89. The number of esters is 1. The summed E-state index contributed by atoms with van der Waals surface area (Å²) in [4.78, 5) is 28.1. The molecule has 2 aromatic rings. The second-order valence-corrected chi connectivity index (χ2v) is 4.66. The topological polar surface area (TPSA) is 77.5 Å². The van der Waals surface area contributed by atoms with Crippen LogP contribution < -0.4 is 10.1 Å². The maximum atomic E-state index is 12.2. The molecular weight excluding hydrogens is 296 g/mol. The SMILES string of the molecule is CCOC(=O)c1cccnc1NC(=O)Cc1ccccc1OC. The Labute approximate surface area is 134 Å². The van der Waals surface area contributed by atoms with Crippen LogP contribution in [0.1, 0.15) is 22.8 Å². The molecule has 0 saturated carbocycles. The second kappa shape index (κ2) is 7.93. The van der Waals surface area contributed by atoms with Gasteiger partial charge in [0.25, 0.3) is 0 Å². The fourth-order valence-corrected chi connectivity index (χ4v) is 2.08. The quantitative estimate of drug-likeness (QED) is 0.829. The number of rotatable bonds is 6. The maximum Gasteiger partial charge on any atom is 0.341 e. The Kier molecular flexibility index (Phi) is 5.68. The molecule has 0 fully saturated rings. The van der Waals surface area contributed by atoms with Crippen LogP contribution in [-0.4, -0.2) is 30.6 Å². The summed E-state index contributed by atoms with van der Waals surface area (Å²) in [6.45, 7) is 1.97. The van der Waals surface area contributed by atoms with Crippen molar-refractivity contribution in [3.8, 4) is 5.75 Å². The number of anilines is 1. The smallest absolute Gasteiger partial charge is 0.341 e. The third kappa shape index (κ3) is 4.29. The van der Waals surface area contributed by atoms with E-state index in [-0.39, 0.29) is 30.3 Å². The zero-order valence-electron chi connectivity index (χ0n) is 13.0. The second-order valence-electron chi connectivity index (χ2n) is 4.66. The Morgan fingerprint density at radius 3 is 2.70 bits per heavy atom. The highest BCUT2D eigenvalue weighted by atomic mass is 16.5. The normalized spacial score (nSPS) is 10.0. The molecule has 1 N–H and O–H groups in total. The first-order valence-corrected chi connectivity index (χ1v) is 7.19. The van der Waals surface area contributed by atoms with Crippen molar-refractivity contribution in [1.82, 2.24) is 4.98 Å². The highest BCUT2D eigenvalue weighted by Gasteiger charge is 2.16. The van der Waals surface area contributed by atoms with Crippen LogP contribution in [0, 0.1) is 0 Å². The van der Waals surface area contributed by atoms with E-state index in [1.54, 1.807) is 32.2 Å². The van der Waals surface area contributed by atoms with E-state index < -0.39 is 5.97 Å². The number of carbonyl (C=O) groups is 2. The van der Waals surface area contributed by atoms with Crippen molar-refractivity contribution in [3.63, 3.8) is 0 Å². The molecule has 0 spiro atoms. The van der Waals surface area contributed by atoms with Gasteiger partial charge in [0.1, 0.15) is 17.1 Å². The molecule has 6 heteroatoms. The molecule has 1 heterocycles. The fraction of sp³-hybridized carbons (Fsp3) is 0.235. The predicted octanol–water partition coefficient (Wildman–Crippen LogP) is 2.45. The number of benzene rings is 1. The zero-order valence-corrected chi connectivity index (χ0v) is 13.0. The number of hydrogen-bond donors (Lipinski definition) is 1.